The van der Waals surface area contributed by atoms with Gasteiger partial charge in [-0.05, 0) is 42.5 Å². The number of aliphatic hydroxyl groups excluding tert-OH is 1. The summed E-state index contributed by atoms with van der Waals surface area (Å²) in [6.45, 7) is 1.37. The first-order valence-electron chi connectivity index (χ1n) is 11.3. The third-order valence-corrected chi connectivity index (χ3v) is 5.98. The number of Topliss-reactive ketones (excluding diaryl/α,β-unsaturated/α-hetero) is 1. The Hall–Kier alpha value is -4.79. The molecule has 1 fully saturated rings. The summed E-state index contributed by atoms with van der Waals surface area (Å²) in [5.74, 6) is -1.32. The lowest BCUT2D eigenvalue weighted by atomic mass is 9.94. The van der Waals surface area contributed by atoms with Gasteiger partial charge in [0, 0.05) is 23.9 Å². The van der Waals surface area contributed by atoms with E-state index in [1.807, 2.05) is 0 Å². The van der Waals surface area contributed by atoms with Crippen molar-refractivity contribution in [3.05, 3.63) is 83.4 Å². The Bertz CT molecular complexity index is 1410. The Morgan fingerprint density at radius 1 is 0.892 bits per heavy atom. The Labute approximate surface area is 213 Å². The lowest BCUT2D eigenvalue weighted by Crippen LogP contribution is -2.29. The van der Waals surface area contributed by atoms with Gasteiger partial charge in [-0.25, -0.2) is 0 Å². The molecule has 1 unspecified atom stereocenters. The predicted octanol–water partition coefficient (Wildman–Crippen LogP) is 4.30. The van der Waals surface area contributed by atoms with Crippen molar-refractivity contribution in [2.75, 3.05) is 31.5 Å². The molecule has 37 heavy (non-hydrogen) atoms. The van der Waals surface area contributed by atoms with E-state index in [0.717, 1.165) is 0 Å². The number of ketones is 1. The minimum atomic E-state index is -1.04. The second kappa shape index (κ2) is 10.4. The van der Waals surface area contributed by atoms with Gasteiger partial charge < -0.3 is 24.6 Å². The minimum absolute atomic E-state index is 0.147. The topological polar surface area (TPSA) is 114 Å². The first-order valence-corrected chi connectivity index (χ1v) is 11.3. The molecule has 1 aliphatic rings. The number of aliphatic hydroxyl groups is 1. The van der Waals surface area contributed by atoms with Gasteiger partial charge in [-0.15, -0.1) is 0 Å². The number of ether oxygens (including phenoxy) is 3. The molecule has 1 saturated heterocycles. The lowest BCUT2D eigenvalue weighted by Gasteiger charge is -2.27. The van der Waals surface area contributed by atoms with Crippen LogP contribution in [-0.4, -0.2) is 44.0 Å². The molecule has 3 aromatic carbocycles. The second-order valence-corrected chi connectivity index (χ2v) is 8.21. The van der Waals surface area contributed by atoms with Crippen LogP contribution in [0.3, 0.4) is 0 Å². The fraction of sp³-hybridized carbons (Fsp3) is 0.179. The van der Waals surface area contributed by atoms with Gasteiger partial charge in [0.15, 0.2) is 0 Å². The Morgan fingerprint density at radius 3 is 2.30 bits per heavy atom. The standard InChI is InChI=1S/C28H26N2O7/c1-16(31)29-17-8-7-9-18(14-17)30-25(20-10-5-6-11-22(20)36-3)24(27(33)28(30)34)26(32)21-15-19(35-2)12-13-23(21)37-4/h5-15,25,32H,1-4H3,(H,29,31)/b26-24+. The van der Waals surface area contributed by atoms with Crippen LogP contribution in [0.4, 0.5) is 11.4 Å². The van der Waals surface area contributed by atoms with Gasteiger partial charge in [-0.3, -0.25) is 19.3 Å². The van der Waals surface area contributed by atoms with Crippen molar-refractivity contribution in [1.82, 2.24) is 0 Å². The Kier molecular flexibility index (Phi) is 7.15. The molecule has 1 atom stereocenters. The SMILES string of the molecule is COc1ccc(OC)c(/C(O)=C2\C(=O)C(=O)N(c3cccc(NC(C)=O)c3)C2c2ccccc2OC)c1. The van der Waals surface area contributed by atoms with E-state index in [0.29, 0.717) is 28.4 Å². The summed E-state index contributed by atoms with van der Waals surface area (Å²) in [5.41, 5.74) is 1.32. The van der Waals surface area contributed by atoms with Gasteiger partial charge in [0.1, 0.15) is 23.0 Å². The average Bonchev–Trinajstić information content (AvgIpc) is 3.17. The average molecular weight is 503 g/mol. The number of rotatable bonds is 7. The maximum atomic E-state index is 13.5. The summed E-state index contributed by atoms with van der Waals surface area (Å²) >= 11 is 0. The van der Waals surface area contributed by atoms with Gasteiger partial charge in [0.05, 0.1) is 38.5 Å². The van der Waals surface area contributed by atoms with E-state index in [1.54, 1.807) is 60.7 Å². The number of hydrogen-bond acceptors (Lipinski definition) is 7. The molecule has 3 aromatic rings. The maximum Gasteiger partial charge on any atom is 0.300 e. The Morgan fingerprint density at radius 2 is 1.62 bits per heavy atom. The number of nitrogens with one attached hydrogen (secondary N) is 1. The summed E-state index contributed by atoms with van der Waals surface area (Å²) in [6.07, 6.45) is 0. The van der Waals surface area contributed by atoms with Gasteiger partial charge in [-0.1, -0.05) is 24.3 Å². The first-order chi connectivity index (χ1) is 17.8. The first kappa shape index (κ1) is 25.3. The van der Waals surface area contributed by atoms with Crippen LogP contribution >= 0.6 is 0 Å². The molecule has 2 N–H and O–H groups in total. The van der Waals surface area contributed by atoms with E-state index in [-0.39, 0.29) is 22.8 Å². The minimum Gasteiger partial charge on any atom is -0.507 e. The van der Waals surface area contributed by atoms with E-state index in [1.165, 1.54) is 39.2 Å². The molecule has 9 heteroatoms. The highest BCUT2D eigenvalue weighted by atomic mass is 16.5. The van der Waals surface area contributed by atoms with Gasteiger partial charge in [0.2, 0.25) is 5.91 Å². The van der Waals surface area contributed by atoms with Crippen LogP contribution in [0.25, 0.3) is 5.76 Å². The van der Waals surface area contributed by atoms with E-state index < -0.39 is 23.5 Å². The van der Waals surface area contributed by atoms with Crippen molar-refractivity contribution in [3.8, 4) is 17.2 Å². The molecule has 0 aliphatic carbocycles. The Balaban J connectivity index is 2.00. The van der Waals surface area contributed by atoms with Crippen LogP contribution in [0.5, 0.6) is 17.2 Å². The second-order valence-electron chi connectivity index (χ2n) is 8.21. The molecule has 190 valence electrons. The van der Waals surface area contributed by atoms with Crippen molar-refractivity contribution in [2.45, 2.75) is 13.0 Å². The van der Waals surface area contributed by atoms with Gasteiger partial charge >= 0.3 is 0 Å². The molecule has 2 amide bonds. The van der Waals surface area contributed by atoms with Crippen molar-refractivity contribution < 1.29 is 33.7 Å². The highest BCUT2D eigenvalue weighted by Crippen LogP contribution is 2.46. The number of methoxy groups -OCH3 is 3. The fourth-order valence-corrected chi connectivity index (χ4v) is 4.37. The third kappa shape index (κ3) is 4.71. The number of amides is 2. The summed E-state index contributed by atoms with van der Waals surface area (Å²) in [7, 11) is 4.39. The normalized spacial score (nSPS) is 16.4. The van der Waals surface area contributed by atoms with Crippen LogP contribution in [0, 0.1) is 0 Å². The van der Waals surface area contributed by atoms with Gasteiger partial charge in [-0.2, -0.15) is 0 Å². The van der Waals surface area contributed by atoms with Crippen molar-refractivity contribution in [1.29, 1.82) is 0 Å². The monoisotopic (exact) mass is 502 g/mol. The van der Waals surface area contributed by atoms with E-state index >= 15 is 0 Å². The smallest absolute Gasteiger partial charge is 0.300 e. The summed E-state index contributed by atoms with van der Waals surface area (Å²) < 4.78 is 16.3. The number of para-hydroxylation sites is 1. The number of hydrogen-bond donors (Lipinski definition) is 2. The molecule has 0 aromatic heterocycles. The summed E-state index contributed by atoms with van der Waals surface area (Å²) in [4.78, 5) is 39.9. The zero-order valence-corrected chi connectivity index (χ0v) is 20.8. The molecule has 0 saturated carbocycles. The molecule has 0 bridgehead atoms. The number of nitrogens with zero attached hydrogens (tertiary/aromatic N) is 1. The summed E-state index contributed by atoms with van der Waals surface area (Å²) in [5, 5.41) is 14.2. The highest BCUT2D eigenvalue weighted by molar-refractivity contribution is 6.51. The van der Waals surface area contributed by atoms with Crippen LogP contribution < -0.4 is 24.4 Å². The number of carbonyl (C=O) groups is 3. The molecule has 9 nitrogen and oxygen atoms in total. The quantitative estimate of drug-likeness (QED) is 0.281. The van der Waals surface area contributed by atoms with E-state index in [2.05, 4.69) is 5.32 Å². The predicted molar refractivity (Wildman–Crippen MR) is 138 cm³/mol. The molecule has 0 radical (unpaired) electrons. The van der Waals surface area contributed by atoms with Crippen molar-refractivity contribution in [3.63, 3.8) is 0 Å². The lowest BCUT2D eigenvalue weighted by molar-refractivity contribution is -0.132. The third-order valence-electron chi connectivity index (χ3n) is 5.98. The van der Waals surface area contributed by atoms with Crippen LogP contribution in [0.2, 0.25) is 0 Å². The molecule has 0 spiro atoms. The van der Waals surface area contributed by atoms with Crippen LogP contribution in [-0.2, 0) is 14.4 Å². The van der Waals surface area contributed by atoms with Crippen LogP contribution in [0.15, 0.2) is 72.3 Å². The molecule has 4 rings (SSSR count). The molecular weight excluding hydrogens is 476 g/mol. The summed E-state index contributed by atoms with van der Waals surface area (Å²) in [6, 6.07) is 17.2. The van der Waals surface area contributed by atoms with Crippen molar-refractivity contribution in [2.24, 2.45) is 0 Å². The molecular formula is C28H26N2O7. The molecule has 1 aliphatic heterocycles. The maximum absolute atomic E-state index is 13.5. The molecule has 1 heterocycles. The number of benzene rings is 3. The van der Waals surface area contributed by atoms with Gasteiger partial charge in [0.25, 0.3) is 11.7 Å². The van der Waals surface area contributed by atoms with Crippen LogP contribution in [0.1, 0.15) is 24.1 Å². The van der Waals surface area contributed by atoms with Crippen molar-refractivity contribution >= 4 is 34.7 Å². The fourth-order valence-electron chi connectivity index (χ4n) is 4.37. The van der Waals surface area contributed by atoms with E-state index in [9.17, 15) is 19.5 Å². The zero-order chi connectivity index (χ0) is 26.7. The number of anilines is 2. The zero-order valence-electron chi connectivity index (χ0n) is 20.8. The van der Waals surface area contributed by atoms with E-state index in [4.69, 9.17) is 14.2 Å². The number of carbonyl (C=O) groups excluding carboxylic acids is 3. The largest absolute Gasteiger partial charge is 0.507 e. The highest BCUT2D eigenvalue weighted by Gasteiger charge is 2.48.